The molecule has 1 N–H and O–H groups in total. The summed E-state index contributed by atoms with van der Waals surface area (Å²) >= 11 is 0. The van der Waals surface area contributed by atoms with E-state index < -0.39 is 0 Å². The Kier molecular flexibility index (Phi) is 4.73. The van der Waals surface area contributed by atoms with Gasteiger partial charge in [-0.3, -0.25) is 9.89 Å². The normalized spacial score (nSPS) is 18.6. The van der Waals surface area contributed by atoms with E-state index in [2.05, 4.69) is 46.8 Å². The van der Waals surface area contributed by atoms with Crippen molar-refractivity contribution in [3.63, 3.8) is 0 Å². The molecule has 7 nitrogen and oxygen atoms in total. The van der Waals surface area contributed by atoms with Gasteiger partial charge in [0.1, 0.15) is 17.5 Å². The van der Waals surface area contributed by atoms with Crippen molar-refractivity contribution in [3.8, 4) is 17.2 Å². The number of aromatic amines is 1. The highest BCUT2D eigenvalue weighted by Gasteiger charge is 2.49. The standard InChI is InChI=1S/C27H28N6O/c1-3-23(34)33-15-27(16-33)10-11-32(14-27)26-19(12-28)25(18-6-4-5-7-21(18)30-26)24-17(2)8-9-22-20(24)13-29-31-22/h3,8-9,13H,1,4-7,10-11,14-16H2,2H3,(H,29,31). The number of nitriles is 1. The van der Waals surface area contributed by atoms with Crippen molar-refractivity contribution >= 4 is 22.6 Å². The number of hydrogen-bond acceptors (Lipinski definition) is 5. The molecule has 1 amide bonds. The molecule has 0 radical (unpaired) electrons. The van der Waals surface area contributed by atoms with E-state index in [-0.39, 0.29) is 11.3 Å². The summed E-state index contributed by atoms with van der Waals surface area (Å²) in [5, 5.41) is 18.9. The van der Waals surface area contributed by atoms with Gasteiger partial charge in [0.05, 0.1) is 11.7 Å². The van der Waals surface area contributed by atoms with Crippen molar-refractivity contribution in [1.29, 1.82) is 5.26 Å². The number of aryl methyl sites for hydroxylation is 2. The second kappa shape index (κ2) is 7.69. The van der Waals surface area contributed by atoms with Crippen molar-refractivity contribution in [1.82, 2.24) is 20.1 Å². The van der Waals surface area contributed by atoms with E-state index in [0.29, 0.717) is 5.56 Å². The molecule has 1 spiro atoms. The van der Waals surface area contributed by atoms with Gasteiger partial charge in [0.15, 0.2) is 0 Å². The zero-order valence-corrected chi connectivity index (χ0v) is 19.5. The molecular formula is C27H28N6O. The van der Waals surface area contributed by atoms with Gasteiger partial charge >= 0.3 is 0 Å². The molecule has 1 aliphatic carbocycles. The number of nitrogens with zero attached hydrogens (tertiary/aromatic N) is 5. The largest absolute Gasteiger partial charge is 0.355 e. The lowest BCUT2D eigenvalue weighted by Crippen LogP contribution is -2.59. The number of pyridine rings is 1. The molecule has 3 aliphatic rings. The van der Waals surface area contributed by atoms with Crippen molar-refractivity contribution in [2.45, 2.75) is 39.0 Å². The third-order valence-electron chi connectivity index (χ3n) is 7.93. The molecule has 2 fully saturated rings. The molecule has 0 saturated carbocycles. The summed E-state index contributed by atoms with van der Waals surface area (Å²) in [6.07, 6.45) is 8.41. The first-order chi connectivity index (χ1) is 16.5. The molecule has 0 unspecified atom stereocenters. The Morgan fingerprint density at radius 2 is 2.06 bits per heavy atom. The number of fused-ring (bicyclic) bond motifs is 2. The molecular weight excluding hydrogens is 424 g/mol. The minimum Gasteiger partial charge on any atom is -0.355 e. The lowest BCUT2D eigenvalue weighted by Gasteiger charge is -2.47. The Morgan fingerprint density at radius 3 is 2.85 bits per heavy atom. The number of H-pyrrole nitrogens is 1. The van der Waals surface area contributed by atoms with E-state index in [1.807, 2.05) is 11.1 Å². The monoisotopic (exact) mass is 452 g/mol. The van der Waals surface area contributed by atoms with Gasteiger partial charge in [0, 0.05) is 48.2 Å². The summed E-state index contributed by atoms with van der Waals surface area (Å²) in [4.78, 5) is 21.3. The van der Waals surface area contributed by atoms with E-state index in [0.717, 1.165) is 97.4 Å². The van der Waals surface area contributed by atoms with Crippen LogP contribution in [0.25, 0.3) is 22.0 Å². The average Bonchev–Trinajstić information content (AvgIpc) is 3.49. The van der Waals surface area contributed by atoms with Crippen LogP contribution in [0.15, 0.2) is 31.0 Å². The van der Waals surface area contributed by atoms with Gasteiger partial charge in [-0.05, 0) is 67.9 Å². The van der Waals surface area contributed by atoms with E-state index in [9.17, 15) is 10.1 Å². The van der Waals surface area contributed by atoms with E-state index in [4.69, 9.17) is 4.98 Å². The summed E-state index contributed by atoms with van der Waals surface area (Å²) in [6, 6.07) is 6.72. The van der Waals surface area contributed by atoms with Crippen LogP contribution in [0.1, 0.15) is 41.6 Å². The Balaban J connectivity index is 1.48. The van der Waals surface area contributed by atoms with Crippen LogP contribution in [0.5, 0.6) is 0 Å². The molecule has 4 heterocycles. The van der Waals surface area contributed by atoms with Gasteiger partial charge in [0.2, 0.25) is 5.91 Å². The molecule has 172 valence electrons. The lowest BCUT2D eigenvalue weighted by molar-refractivity contribution is -0.136. The number of nitrogens with one attached hydrogen (secondary N) is 1. The second-order valence-electron chi connectivity index (χ2n) is 10.1. The summed E-state index contributed by atoms with van der Waals surface area (Å²) in [7, 11) is 0. The highest BCUT2D eigenvalue weighted by molar-refractivity contribution is 5.99. The minimum atomic E-state index is -0.000312. The molecule has 6 rings (SSSR count). The maximum Gasteiger partial charge on any atom is 0.245 e. The van der Waals surface area contributed by atoms with E-state index >= 15 is 0 Å². The lowest BCUT2D eigenvalue weighted by atomic mass is 9.79. The average molecular weight is 453 g/mol. The van der Waals surface area contributed by atoms with Crippen molar-refractivity contribution in [2.75, 3.05) is 31.1 Å². The van der Waals surface area contributed by atoms with Crippen LogP contribution in [-0.2, 0) is 17.6 Å². The number of benzene rings is 1. The molecule has 3 aromatic rings. The van der Waals surface area contributed by atoms with Gasteiger partial charge in [0.25, 0.3) is 0 Å². The fourth-order valence-corrected chi connectivity index (χ4v) is 6.22. The van der Waals surface area contributed by atoms with Crippen LogP contribution in [0, 0.1) is 23.7 Å². The highest BCUT2D eigenvalue weighted by Crippen LogP contribution is 2.45. The first kappa shape index (κ1) is 20.9. The zero-order chi connectivity index (χ0) is 23.4. The van der Waals surface area contributed by atoms with Crippen LogP contribution in [0.2, 0.25) is 0 Å². The number of hydrogen-bond donors (Lipinski definition) is 1. The quantitative estimate of drug-likeness (QED) is 0.609. The van der Waals surface area contributed by atoms with Gasteiger partial charge in [-0.15, -0.1) is 0 Å². The summed E-state index contributed by atoms with van der Waals surface area (Å²) < 4.78 is 0. The number of amides is 1. The summed E-state index contributed by atoms with van der Waals surface area (Å²) in [5.74, 6) is 0.808. The van der Waals surface area contributed by atoms with Crippen LogP contribution < -0.4 is 4.90 Å². The second-order valence-corrected chi connectivity index (χ2v) is 10.1. The SMILES string of the molecule is C=CC(=O)N1CC2(CCN(c3nc4c(c(-c5c(C)ccc6[nH]ncc56)c3C#N)CCCC4)C2)C1. The van der Waals surface area contributed by atoms with Crippen molar-refractivity contribution in [3.05, 3.63) is 53.4 Å². The molecule has 1 aromatic carbocycles. The Hall–Kier alpha value is -3.66. The number of carbonyl (C=O) groups excluding carboxylic acids is 1. The van der Waals surface area contributed by atoms with Crippen LogP contribution in [-0.4, -0.2) is 52.2 Å². The van der Waals surface area contributed by atoms with E-state index in [1.165, 1.54) is 11.6 Å². The number of likely N-dealkylation sites (tertiary alicyclic amines) is 1. The first-order valence-electron chi connectivity index (χ1n) is 12.1. The van der Waals surface area contributed by atoms with Gasteiger partial charge in [-0.1, -0.05) is 12.6 Å². The maximum atomic E-state index is 12.0. The molecule has 2 aliphatic heterocycles. The first-order valence-corrected chi connectivity index (χ1v) is 12.1. The van der Waals surface area contributed by atoms with Gasteiger partial charge in [-0.2, -0.15) is 10.4 Å². The molecule has 34 heavy (non-hydrogen) atoms. The summed E-state index contributed by atoms with van der Waals surface area (Å²) in [6.45, 7) is 8.90. The number of anilines is 1. The highest BCUT2D eigenvalue weighted by atomic mass is 16.2. The molecule has 0 atom stereocenters. The maximum absolute atomic E-state index is 12.0. The molecule has 2 aromatic heterocycles. The smallest absolute Gasteiger partial charge is 0.245 e. The number of carbonyl (C=O) groups is 1. The minimum absolute atomic E-state index is 0.000312. The fraction of sp³-hybridized carbons (Fsp3) is 0.407. The predicted octanol–water partition coefficient (Wildman–Crippen LogP) is 3.91. The zero-order valence-electron chi connectivity index (χ0n) is 19.5. The fourth-order valence-electron chi connectivity index (χ4n) is 6.22. The topological polar surface area (TPSA) is 88.9 Å². The van der Waals surface area contributed by atoms with Crippen LogP contribution >= 0.6 is 0 Å². The molecule has 2 saturated heterocycles. The van der Waals surface area contributed by atoms with Crippen molar-refractivity contribution in [2.24, 2.45) is 5.41 Å². The molecule has 0 bridgehead atoms. The summed E-state index contributed by atoms with van der Waals surface area (Å²) in [5.41, 5.74) is 7.39. The third kappa shape index (κ3) is 3.05. The van der Waals surface area contributed by atoms with Crippen LogP contribution in [0.3, 0.4) is 0 Å². The Morgan fingerprint density at radius 1 is 1.24 bits per heavy atom. The Labute approximate surface area is 199 Å². The number of rotatable bonds is 3. The Bertz CT molecular complexity index is 1370. The van der Waals surface area contributed by atoms with Gasteiger partial charge in [-0.25, -0.2) is 4.98 Å². The number of aromatic nitrogens is 3. The molecule has 7 heteroatoms. The van der Waals surface area contributed by atoms with Crippen molar-refractivity contribution < 1.29 is 4.79 Å². The van der Waals surface area contributed by atoms with Crippen LogP contribution in [0.4, 0.5) is 5.82 Å². The third-order valence-corrected chi connectivity index (χ3v) is 7.93. The van der Waals surface area contributed by atoms with E-state index in [1.54, 1.807) is 0 Å². The predicted molar refractivity (Wildman–Crippen MR) is 131 cm³/mol. The van der Waals surface area contributed by atoms with Gasteiger partial charge < -0.3 is 9.80 Å².